The molecule has 0 spiro atoms. The Morgan fingerprint density at radius 2 is 2.00 bits per heavy atom. The molecule has 2 nitrogen and oxygen atoms in total. The minimum Gasteiger partial charge on any atom is -0.468 e. The fourth-order valence-electron chi connectivity index (χ4n) is 1.69. The van der Waals surface area contributed by atoms with Gasteiger partial charge in [-0.15, -0.1) is 0 Å². The van der Waals surface area contributed by atoms with Crippen molar-refractivity contribution >= 4 is 11.6 Å². The molecule has 2 aromatic rings. The van der Waals surface area contributed by atoms with Crippen LogP contribution in [0.25, 0.3) is 0 Å². The van der Waals surface area contributed by atoms with Crippen LogP contribution in [0.3, 0.4) is 0 Å². The van der Waals surface area contributed by atoms with E-state index in [1.807, 2.05) is 43.4 Å². The largest absolute Gasteiger partial charge is 0.468 e. The minimum atomic E-state index is 0.205. The molecule has 16 heavy (non-hydrogen) atoms. The SMILES string of the molecule is CN[C@@H](Cc1ccc(Cl)cc1)c1ccco1. The Labute approximate surface area is 100 Å². The van der Waals surface area contributed by atoms with Crippen LogP contribution in [-0.4, -0.2) is 7.05 Å². The van der Waals surface area contributed by atoms with Crippen LogP contribution >= 0.6 is 11.6 Å². The highest BCUT2D eigenvalue weighted by molar-refractivity contribution is 6.30. The van der Waals surface area contributed by atoms with Crippen LogP contribution in [0.1, 0.15) is 17.4 Å². The van der Waals surface area contributed by atoms with Crippen LogP contribution in [-0.2, 0) is 6.42 Å². The molecule has 0 saturated heterocycles. The smallest absolute Gasteiger partial charge is 0.121 e. The van der Waals surface area contributed by atoms with Crippen LogP contribution in [0.15, 0.2) is 47.1 Å². The van der Waals surface area contributed by atoms with Gasteiger partial charge in [0.1, 0.15) is 5.76 Å². The first-order valence-electron chi connectivity index (χ1n) is 5.24. The molecule has 0 aliphatic heterocycles. The first-order chi connectivity index (χ1) is 7.79. The summed E-state index contributed by atoms with van der Waals surface area (Å²) < 4.78 is 5.39. The molecule has 1 N–H and O–H groups in total. The molecule has 2 rings (SSSR count). The van der Waals surface area contributed by atoms with Gasteiger partial charge < -0.3 is 9.73 Å². The summed E-state index contributed by atoms with van der Waals surface area (Å²) in [5.74, 6) is 0.956. The standard InChI is InChI=1S/C13H14ClNO/c1-15-12(13-3-2-8-16-13)9-10-4-6-11(14)7-5-10/h2-8,12,15H,9H2,1H3/t12-/m0/s1. The molecule has 0 aliphatic rings. The van der Waals surface area contributed by atoms with Gasteiger partial charge in [0.25, 0.3) is 0 Å². The number of halogens is 1. The van der Waals surface area contributed by atoms with E-state index < -0.39 is 0 Å². The molecule has 1 aromatic heterocycles. The molecule has 0 radical (unpaired) electrons. The van der Waals surface area contributed by atoms with Crippen molar-refractivity contribution in [2.24, 2.45) is 0 Å². The van der Waals surface area contributed by atoms with Gasteiger partial charge in [0.2, 0.25) is 0 Å². The van der Waals surface area contributed by atoms with Gasteiger partial charge in [-0.1, -0.05) is 23.7 Å². The van der Waals surface area contributed by atoms with Gasteiger partial charge in [-0.25, -0.2) is 0 Å². The second-order valence-electron chi connectivity index (χ2n) is 3.69. The van der Waals surface area contributed by atoms with E-state index in [-0.39, 0.29) is 6.04 Å². The van der Waals surface area contributed by atoms with Gasteiger partial charge in [0, 0.05) is 5.02 Å². The Kier molecular flexibility index (Phi) is 3.65. The monoisotopic (exact) mass is 235 g/mol. The van der Waals surface area contributed by atoms with Crippen molar-refractivity contribution in [1.82, 2.24) is 5.32 Å². The molecule has 0 saturated carbocycles. The normalized spacial score (nSPS) is 12.6. The predicted molar refractivity (Wildman–Crippen MR) is 65.7 cm³/mol. The van der Waals surface area contributed by atoms with E-state index in [2.05, 4.69) is 5.32 Å². The van der Waals surface area contributed by atoms with Gasteiger partial charge in [-0.3, -0.25) is 0 Å². The van der Waals surface area contributed by atoms with Crippen LogP contribution in [0.2, 0.25) is 5.02 Å². The zero-order chi connectivity index (χ0) is 11.4. The second kappa shape index (κ2) is 5.19. The molecule has 0 bridgehead atoms. The first-order valence-corrected chi connectivity index (χ1v) is 5.62. The van der Waals surface area contributed by atoms with E-state index in [0.717, 1.165) is 17.2 Å². The summed E-state index contributed by atoms with van der Waals surface area (Å²) in [4.78, 5) is 0. The summed E-state index contributed by atoms with van der Waals surface area (Å²) in [6.07, 6.45) is 2.59. The summed E-state index contributed by atoms with van der Waals surface area (Å²) in [6, 6.07) is 12.0. The van der Waals surface area contributed by atoms with Crippen molar-refractivity contribution in [3.63, 3.8) is 0 Å². The summed E-state index contributed by atoms with van der Waals surface area (Å²) in [7, 11) is 1.93. The molecule has 1 atom stereocenters. The third kappa shape index (κ3) is 2.65. The quantitative estimate of drug-likeness (QED) is 0.878. The molecule has 0 fully saturated rings. The molecule has 3 heteroatoms. The Morgan fingerprint density at radius 1 is 1.25 bits per heavy atom. The third-order valence-corrected chi connectivity index (χ3v) is 2.84. The van der Waals surface area contributed by atoms with Gasteiger partial charge >= 0.3 is 0 Å². The highest BCUT2D eigenvalue weighted by atomic mass is 35.5. The lowest BCUT2D eigenvalue weighted by Gasteiger charge is -2.13. The molecular formula is C13H14ClNO. The zero-order valence-corrected chi connectivity index (χ0v) is 9.87. The molecule has 0 unspecified atom stereocenters. The molecule has 1 aromatic carbocycles. The van der Waals surface area contributed by atoms with E-state index in [4.69, 9.17) is 16.0 Å². The number of benzene rings is 1. The number of likely N-dealkylation sites (N-methyl/N-ethyl adjacent to an activating group) is 1. The van der Waals surface area contributed by atoms with Gasteiger partial charge in [-0.2, -0.15) is 0 Å². The summed E-state index contributed by atoms with van der Waals surface area (Å²) in [5, 5.41) is 4.01. The summed E-state index contributed by atoms with van der Waals surface area (Å²) in [5.41, 5.74) is 1.24. The average molecular weight is 236 g/mol. The fourth-order valence-corrected chi connectivity index (χ4v) is 1.82. The van der Waals surface area contributed by atoms with Crippen LogP contribution in [0.5, 0.6) is 0 Å². The van der Waals surface area contributed by atoms with Crippen LogP contribution < -0.4 is 5.32 Å². The van der Waals surface area contributed by atoms with Crippen molar-refractivity contribution in [1.29, 1.82) is 0 Å². The molecular weight excluding hydrogens is 222 g/mol. The van der Waals surface area contributed by atoms with Crippen molar-refractivity contribution in [3.05, 3.63) is 59.0 Å². The predicted octanol–water partition coefficient (Wildman–Crippen LogP) is 3.44. The lowest BCUT2D eigenvalue weighted by molar-refractivity contribution is 0.429. The molecule has 0 amide bonds. The number of hydrogen-bond donors (Lipinski definition) is 1. The third-order valence-electron chi connectivity index (χ3n) is 2.59. The highest BCUT2D eigenvalue weighted by Gasteiger charge is 2.12. The Hall–Kier alpha value is -1.25. The van der Waals surface area contributed by atoms with Crippen molar-refractivity contribution in [3.8, 4) is 0 Å². The maximum atomic E-state index is 5.85. The average Bonchev–Trinajstić information content (AvgIpc) is 2.82. The maximum Gasteiger partial charge on any atom is 0.121 e. The number of rotatable bonds is 4. The topological polar surface area (TPSA) is 25.2 Å². The lowest BCUT2D eigenvalue weighted by Crippen LogP contribution is -2.18. The summed E-state index contributed by atoms with van der Waals surface area (Å²) >= 11 is 5.85. The Morgan fingerprint density at radius 3 is 2.56 bits per heavy atom. The maximum absolute atomic E-state index is 5.85. The molecule has 1 heterocycles. The van der Waals surface area contributed by atoms with E-state index in [9.17, 15) is 0 Å². The van der Waals surface area contributed by atoms with Crippen molar-refractivity contribution in [2.45, 2.75) is 12.5 Å². The van der Waals surface area contributed by atoms with E-state index in [0.29, 0.717) is 0 Å². The number of furan rings is 1. The van der Waals surface area contributed by atoms with Crippen LogP contribution in [0.4, 0.5) is 0 Å². The Bertz CT molecular complexity index is 422. The van der Waals surface area contributed by atoms with Crippen molar-refractivity contribution < 1.29 is 4.42 Å². The molecule has 0 aliphatic carbocycles. The zero-order valence-electron chi connectivity index (χ0n) is 9.11. The van der Waals surface area contributed by atoms with E-state index >= 15 is 0 Å². The first kappa shape index (κ1) is 11.2. The van der Waals surface area contributed by atoms with E-state index in [1.54, 1.807) is 6.26 Å². The van der Waals surface area contributed by atoms with Gasteiger partial charge in [0.05, 0.1) is 12.3 Å². The lowest BCUT2D eigenvalue weighted by atomic mass is 10.0. The highest BCUT2D eigenvalue weighted by Crippen LogP contribution is 2.19. The molecule has 84 valence electrons. The number of hydrogen-bond acceptors (Lipinski definition) is 2. The van der Waals surface area contributed by atoms with Gasteiger partial charge in [0.15, 0.2) is 0 Å². The number of nitrogens with one attached hydrogen (secondary N) is 1. The fraction of sp³-hybridized carbons (Fsp3) is 0.231. The summed E-state index contributed by atoms with van der Waals surface area (Å²) in [6.45, 7) is 0. The van der Waals surface area contributed by atoms with Gasteiger partial charge in [-0.05, 0) is 43.3 Å². The van der Waals surface area contributed by atoms with Crippen LogP contribution in [0, 0.1) is 0 Å². The minimum absolute atomic E-state index is 0.205. The van der Waals surface area contributed by atoms with Crippen molar-refractivity contribution in [2.75, 3.05) is 7.05 Å². The Balaban J connectivity index is 2.10. The second-order valence-corrected chi connectivity index (χ2v) is 4.12. The van der Waals surface area contributed by atoms with E-state index in [1.165, 1.54) is 5.56 Å².